The van der Waals surface area contributed by atoms with Gasteiger partial charge in [0, 0.05) is 6.67 Å². The lowest BCUT2D eigenvalue weighted by atomic mass is 10.4. The van der Waals surface area contributed by atoms with Crippen molar-refractivity contribution >= 4 is 8.96 Å². The average molecular weight is 216 g/mol. The van der Waals surface area contributed by atoms with Gasteiger partial charge in [-0.2, -0.15) is 0 Å². The molecule has 3 heteroatoms. The highest BCUT2D eigenvalue weighted by Crippen LogP contribution is 2.14. The molecule has 0 bridgehead atoms. The van der Waals surface area contributed by atoms with Crippen molar-refractivity contribution in [3.63, 3.8) is 0 Å². The highest BCUT2D eigenvalue weighted by molar-refractivity contribution is 6.57. The van der Waals surface area contributed by atoms with Crippen LogP contribution in [0.15, 0.2) is 0 Å². The van der Waals surface area contributed by atoms with Gasteiger partial charge in [-0.05, 0) is 24.7 Å². The van der Waals surface area contributed by atoms with Gasteiger partial charge in [-0.15, -0.1) is 0 Å². The Hall–Kier alpha value is 0.137. The maximum Gasteiger partial charge on any atom is 0.112 e. The van der Waals surface area contributed by atoms with Crippen molar-refractivity contribution in [1.82, 2.24) is 9.88 Å². The van der Waals surface area contributed by atoms with E-state index < -0.39 is 8.96 Å². The maximum atomic E-state index is 3.79. The summed E-state index contributed by atoms with van der Waals surface area (Å²) in [5.74, 6) is 0. The summed E-state index contributed by atoms with van der Waals surface area (Å²) in [6.07, 6.45) is 1.33. The second kappa shape index (κ2) is 8.45. The van der Waals surface area contributed by atoms with Crippen LogP contribution >= 0.6 is 0 Å². The average Bonchev–Trinajstić information content (AvgIpc) is 2.24. The molecule has 0 saturated carbocycles. The van der Waals surface area contributed by atoms with Gasteiger partial charge in [-0.25, -0.2) is 0 Å². The van der Waals surface area contributed by atoms with Crippen molar-refractivity contribution in [1.29, 1.82) is 0 Å². The molecule has 0 heterocycles. The lowest BCUT2D eigenvalue weighted by Gasteiger charge is -2.26. The Kier molecular flexibility index (Phi) is 8.53. The first-order chi connectivity index (χ1) is 6.69. The smallest absolute Gasteiger partial charge is 0.112 e. The van der Waals surface area contributed by atoms with Crippen molar-refractivity contribution in [3.8, 4) is 0 Å². The first kappa shape index (κ1) is 14.1. The van der Waals surface area contributed by atoms with Crippen molar-refractivity contribution in [2.45, 2.75) is 52.6 Å². The van der Waals surface area contributed by atoms with Gasteiger partial charge in [0.25, 0.3) is 0 Å². The topological polar surface area (TPSA) is 15.3 Å². The summed E-state index contributed by atoms with van der Waals surface area (Å²) in [5.41, 5.74) is 0.926. The zero-order chi connectivity index (χ0) is 11.0. The molecule has 14 heavy (non-hydrogen) atoms. The minimum atomic E-state index is -0.683. The molecule has 0 saturated heterocycles. The molecular weight excluding hydrogens is 188 g/mol. The highest BCUT2D eigenvalue weighted by Gasteiger charge is 2.15. The fourth-order valence-corrected chi connectivity index (χ4v) is 4.28. The van der Waals surface area contributed by atoms with Gasteiger partial charge in [-0.1, -0.05) is 41.0 Å². The van der Waals surface area contributed by atoms with Crippen LogP contribution in [0.4, 0.5) is 0 Å². The van der Waals surface area contributed by atoms with Crippen molar-refractivity contribution in [2.24, 2.45) is 0 Å². The minimum Gasteiger partial charge on any atom is -0.327 e. The van der Waals surface area contributed by atoms with Crippen LogP contribution in [-0.2, 0) is 0 Å². The van der Waals surface area contributed by atoms with E-state index in [1.807, 2.05) is 0 Å². The zero-order valence-electron chi connectivity index (χ0n) is 10.6. The third-order valence-electron chi connectivity index (χ3n) is 3.24. The largest absolute Gasteiger partial charge is 0.327 e. The number of nitrogens with one attached hydrogen (secondary N) is 1. The van der Waals surface area contributed by atoms with E-state index in [4.69, 9.17) is 0 Å². The normalized spacial score (nSPS) is 15.9. The van der Waals surface area contributed by atoms with Gasteiger partial charge in [-0.3, -0.25) is 4.90 Å². The summed E-state index contributed by atoms with van der Waals surface area (Å²) in [6.45, 7) is 14.9. The van der Waals surface area contributed by atoms with Crippen LogP contribution < -0.4 is 4.98 Å². The molecule has 0 aromatic heterocycles. The number of rotatable bonds is 8. The SMILES string of the molecule is CCC(C)[SiH](CC)NCN(CC)CC. The van der Waals surface area contributed by atoms with Crippen molar-refractivity contribution < 1.29 is 0 Å². The first-order valence-electron chi connectivity index (χ1n) is 6.15. The quantitative estimate of drug-likeness (QED) is 0.495. The molecule has 0 radical (unpaired) electrons. The molecular formula is C11H28N2Si. The van der Waals surface area contributed by atoms with Crippen LogP contribution in [0.25, 0.3) is 0 Å². The van der Waals surface area contributed by atoms with Crippen LogP contribution in [0.5, 0.6) is 0 Å². The molecule has 0 spiro atoms. The van der Waals surface area contributed by atoms with Gasteiger partial charge in [0.15, 0.2) is 0 Å². The summed E-state index contributed by atoms with van der Waals surface area (Å²) in [4.78, 5) is 6.24. The predicted octanol–water partition coefficient (Wildman–Crippen LogP) is 2.42. The molecule has 0 rings (SSSR count). The van der Waals surface area contributed by atoms with Crippen LogP contribution in [0.1, 0.15) is 41.0 Å². The van der Waals surface area contributed by atoms with E-state index in [0.29, 0.717) is 0 Å². The van der Waals surface area contributed by atoms with E-state index in [0.717, 1.165) is 25.3 Å². The number of hydrogen-bond donors (Lipinski definition) is 1. The van der Waals surface area contributed by atoms with Crippen LogP contribution in [0, 0.1) is 0 Å². The summed E-state index contributed by atoms with van der Waals surface area (Å²) in [5, 5.41) is 0. The molecule has 0 amide bonds. The molecule has 0 aliphatic rings. The summed E-state index contributed by atoms with van der Waals surface area (Å²) < 4.78 is 0. The second-order valence-corrected chi connectivity index (χ2v) is 7.64. The van der Waals surface area contributed by atoms with Crippen LogP contribution in [0.2, 0.25) is 11.6 Å². The number of nitrogens with zero attached hydrogens (tertiary/aromatic N) is 1. The zero-order valence-corrected chi connectivity index (χ0v) is 11.8. The van der Waals surface area contributed by atoms with E-state index in [1.54, 1.807) is 0 Å². The van der Waals surface area contributed by atoms with E-state index >= 15 is 0 Å². The molecule has 2 nitrogen and oxygen atoms in total. The number of hydrogen-bond acceptors (Lipinski definition) is 2. The summed E-state index contributed by atoms with van der Waals surface area (Å²) in [6, 6.07) is 1.37. The van der Waals surface area contributed by atoms with E-state index in [1.165, 1.54) is 12.5 Å². The Morgan fingerprint density at radius 2 is 1.71 bits per heavy atom. The lowest BCUT2D eigenvalue weighted by molar-refractivity contribution is 0.299. The molecule has 1 N–H and O–H groups in total. The van der Waals surface area contributed by atoms with Crippen molar-refractivity contribution in [2.75, 3.05) is 19.8 Å². The third kappa shape index (κ3) is 5.13. The Morgan fingerprint density at radius 3 is 2.07 bits per heavy atom. The Bertz CT molecular complexity index is 126. The van der Waals surface area contributed by atoms with Gasteiger partial charge in [0.1, 0.15) is 8.96 Å². The fourth-order valence-electron chi connectivity index (χ4n) is 1.73. The van der Waals surface area contributed by atoms with Crippen LogP contribution in [0.3, 0.4) is 0 Å². The van der Waals surface area contributed by atoms with Crippen molar-refractivity contribution in [3.05, 3.63) is 0 Å². The predicted molar refractivity (Wildman–Crippen MR) is 68.3 cm³/mol. The van der Waals surface area contributed by atoms with Gasteiger partial charge in [0.2, 0.25) is 0 Å². The lowest BCUT2D eigenvalue weighted by Crippen LogP contribution is -2.44. The Labute approximate surface area is 91.8 Å². The Morgan fingerprint density at radius 1 is 1.14 bits per heavy atom. The van der Waals surface area contributed by atoms with E-state index in [9.17, 15) is 0 Å². The first-order valence-corrected chi connectivity index (χ1v) is 8.21. The molecule has 0 fully saturated rings. The molecule has 0 aromatic rings. The molecule has 0 aromatic carbocycles. The molecule has 0 aliphatic heterocycles. The molecule has 2 atom stereocenters. The molecule has 0 aliphatic carbocycles. The molecule has 2 unspecified atom stereocenters. The monoisotopic (exact) mass is 216 g/mol. The molecule has 86 valence electrons. The van der Waals surface area contributed by atoms with E-state index in [2.05, 4.69) is 44.5 Å². The standard InChI is InChI=1S/C11H28N2Si/c1-6-11(5)14(9-4)12-10-13(7-2)8-3/h11-12,14H,6-10H2,1-5H3. The minimum absolute atomic E-state index is 0.683. The summed E-state index contributed by atoms with van der Waals surface area (Å²) in [7, 11) is -0.683. The van der Waals surface area contributed by atoms with E-state index in [-0.39, 0.29) is 0 Å². The fraction of sp³-hybridized carbons (Fsp3) is 1.00. The van der Waals surface area contributed by atoms with Gasteiger partial charge in [0.05, 0.1) is 0 Å². The summed E-state index contributed by atoms with van der Waals surface area (Å²) >= 11 is 0. The van der Waals surface area contributed by atoms with Gasteiger partial charge >= 0.3 is 0 Å². The maximum absolute atomic E-state index is 3.79. The highest BCUT2D eigenvalue weighted by atomic mass is 28.3. The second-order valence-electron chi connectivity index (χ2n) is 4.07. The van der Waals surface area contributed by atoms with Crippen LogP contribution in [-0.4, -0.2) is 33.6 Å². The van der Waals surface area contributed by atoms with Gasteiger partial charge < -0.3 is 4.98 Å². The Balaban J connectivity index is 3.81. The third-order valence-corrected chi connectivity index (χ3v) is 6.67.